The van der Waals surface area contributed by atoms with Gasteiger partial charge in [-0.25, -0.2) is 4.79 Å². The van der Waals surface area contributed by atoms with E-state index in [1.165, 1.54) is 68.9 Å². The first kappa shape index (κ1) is 29.6. The van der Waals surface area contributed by atoms with Gasteiger partial charge in [-0.05, 0) is 72.7 Å². The van der Waals surface area contributed by atoms with E-state index in [4.69, 9.17) is 9.47 Å². The van der Waals surface area contributed by atoms with E-state index in [1.807, 2.05) is 48.5 Å². The van der Waals surface area contributed by atoms with Crippen LogP contribution in [0.15, 0.2) is 72.8 Å². The van der Waals surface area contributed by atoms with Gasteiger partial charge in [-0.1, -0.05) is 114 Å². The third-order valence-corrected chi connectivity index (χ3v) is 7.15. The smallest absolute Gasteiger partial charge is 0.343 e. The van der Waals surface area contributed by atoms with E-state index in [0.29, 0.717) is 11.3 Å². The lowest BCUT2D eigenvalue weighted by molar-refractivity contribution is 0.0627. The van der Waals surface area contributed by atoms with Crippen molar-refractivity contribution in [1.82, 2.24) is 0 Å². The van der Waals surface area contributed by atoms with E-state index >= 15 is 0 Å². The Morgan fingerprint density at radius 3 is 1.84 bits per heavy atom. The fraction of sp³-hybridized carbons (Fsp3) is 0.457. The summed E-state index contributed by atoms with van der Waals surface area (Å²) in [6, 6.07) is 24.1. The Hall–Kier alpha value is -2.91. The summed E-state index contributed by atoms with van der Waals surface area (Å²) >= 11 is 0. The fourth-order valence-corrected chi connectivity index (χ4v) is 4.63. The van der Waals surface area contributed by atoms with Crippen LogP contribution in [-0.4, -0.2) is 12.6 Å². The topological polar surface area (TPSA) is 35.5 Å². The predicted molar refractivity (Wildman–Crippen MR) is 159 cm³/mol. The summed E-state index contributed by atoms with van der Waals surface area (Å²) < 4.78 is 11.7. The van der Waals surface area contributed by atoms with Crippen molar-refractivity contribution in [3.63, 3.8) is 0 Å². The van der Waals surface area contributed by atoms with Gasteiger partial charge in [0.1, 0.15) is 5.75 Å². The molecule has 0 saturated carbocycles. The number of hydrogen-bond acceptors (Lipinski definition) is 3. The molecule has 3 aromatic carbocycles. The number of rotatable bonds is 17. The first-order valence-corrected chi connectivity index (χ1v) is 14.7. The van der Waals surface area contributed by atoms with Crippen LogP contribution in [0.5, 0.6) is 5.75 Å². The van der Waals surface area contributed by atoms with Crippen molar-refractivity contribution in [3.05, 3.63) is 89.5 Å². The lowest BCUT2D eigenvalue weighted by Crippen LogP contribution is -2.08. The van der Waals surface area contributed by atoms with Gasteiger partial charge < -0.3 is 9.47 Å². The van der Waals surface area contributed by atoms with Crippen LogP contribution in [0.25, 0.3) is 11.1 Å². The number of unbranched alkanes of at least 4 members (excludes halogenated alkanes) is 8. The Morgan fingerprint density at radius 2 is 1.21 bits per heavy atom. The second kappa shape index (κ2) is 16.8. The van der Waals surface area contributed by atoms with Gasteiger partial charge in [0.2, 0.25) is 0 Å². The summed E-state index contributed by atoms with van der Waals surface area (Å²) in [4.78, 5) is 12.6. The number of benzene rings is 3. The number of ether oxygens (including phenoxy) is 2. The Balaban J connectivity index is 1.45. The van der Waals surface area contributed by atoms with Crippen molar-refractivity contribution >= 4 is 5.97 Å². The van der Waals surface area contributed by atoms with Gasteiger partial charge in [0.25, 0.3) is 0 Å². The largest absolute Gasteiger partial charge is 0.423 e. The monoisotopic (exact) mass is 514 g/mol. The molecule has 0 aromatic heterocycles. The average Bonchev–Trinajstić information content (AvgIpc) is 2.95. The number of esters is 1. The highest BCUT2D eigenvalue weighted by molar-refractivity contribution is 5.91. The molecule has 0 aliphatic rings. The van der Waals surface area contributed by atoms with Crippen LogP contribution >= 0.6 is 0 Å². The minimum absolute atomic E-state index is 0.0941. The molecule has 3 rings (SSSR count). The summed E-state index contributed by atoms with van der Waals surface area (Å²) in [5.41, 5.74) is 5.26. The molecule has 0 fully saturated rings. The number of carbonyl (C=O) groups excluding carboxylic acids is 1. The Bertz CT molecular complexity index is 1050. The molecular weight excluding hydrogens is 468 g/mol. The minimum atomic E-state index is -0.324. The highest BCUT2D eigenvalue weighted by Crippen LogP contribution is 2.26. The Labute approximate surface area is 230 Å². The van der Waals surface area contributed by atoms with Crippen molar-refractivity contribution in [2.45, 2.75) is 97.5 Å². The average molecular weight is 515 g/mol. The van der Waals surface area contributed by atoms with Gasteiger partial charge >= 0.3 is 5.97 Å². The highest BCUT2D eigenvalue weighted by atomic mass is 16.5. The van der Waals surface area contributed by atoms with Crippen molar-refractivity contribution in [1.29, 1.82) is 0 Å². The van der Waals surface area contributed by atoms with E-state index in [-0.39, 0.29) is 12.1 Å². The molecule has 204 valence electrons. The lowest BCUT2D eigenvalue weighted by Gasteiger charge is -2.14. The zero-order chi connectivity index (χ0) is 27.0. The van der Waals surface area contributed by atoms with E-state index in [2.05, 4.69) is 45.0 Å². The summed E-state index contributed by atoms with van der Waals surface area (Å²) in [5.74, 6) is 0.227. The van der Waals surface area contributed by atoms with Crippen LogP contribution in [-0.2, 0) is 11.2 Å². The van der Waals surface area contributed by atoms with Crippen LogP contribution in [0, 0.1) is 0 Å². The van der Waals surface area contributed by atoms with Gasteiger partial charge in [0, 0.05) is 6.61 Å². The highest BCUT2D eigenvalue weighted by Gasteiger charge is 2.10. The maximum absolute atomic E-state index is 12.6. The summed E-state index contributed by atoms with van der Waals surface area (Å²) in [5, 5.41) is 0. The number of aryl methyl sites for hydroxylation is 1. The van der Waals surface area contributed by atoms with Crippen LogP contribution in [0.4, 0.5) is 0 Å². The molecule has 0 heterocycles. The molecule has 0 spiro atoms. The maximum atomic E-state index is 12.6. The van der Waals surface area contributed by atoms with Crippen molar-refractivity contribution in [2.75, 3.05) is 6.61 Å². The zero-order valence-electron chi connectivity index (χ0n) is 23.7. The molecule has 3 aromatic rings. The predicted octanol–water partition coefficient (Wildman–Crippen LogP) is 10.1. The van der Waals surface area contributed by atoms with Crippen molar-refractivity contribution < 1.29 is 14.3 Å². The molecule has 0 aliphatic carbocycles. The first-order valence-electron chi connectivity index (χ1n) is 14.7. The fourth-order valence-electron chi connectivity index (χ4n) is 4.63. The van der Waals surface area contributed by atoms with Gasteiger partial charge in [-0.3, -0.25) is 0 Å². The molecule has 0 radical (unpaired) electrons. The summed E-state index contributed by atoms with van der Waals surface area (Å²) in [7, 11) is 0. The van der Waals surface area contributed by atoms with Crippen LogP contribution in [0.2, 0.25) is 0 Å². The molecule has 0 bridgehead atoms. The molecule has 1 unspecified atom stereocenters. The number of carbonyl (C=O) groups is 1. The van der Waals surface area contributed by atoms with Gasteiger partial charge in [-0.2, -0.15) is 0 Å². The second-order valence-corrected chi connectivity index (χ2v) is 10.3. The third kappa shape index (κ3) is 10.1. The number of hydrogen-bond donors (Lipinski definition) is 0. The molecule has 0 saturated heterocycles. The molecule has 0 N–H and O–H groups in total. The van der Waals surface area contributed by atoms with Crippen LogP contribution in [0.1, 0.15) is 113 Å². The molecule has 3 heteroatoms. The van der Waals surface area contributed by atoms with Crippen LogP contribution in [0.3, 0.4) is 0 Å². The molecule has 0 aliphatic heterocycles. The summed E-state index contributed by atoms with van der Waals surface area (Å²) in [6.45, 7) is 7.41. The van der Waals surface area contributed by atoms with E-state index < -0.39 is 0 Å². The maximum Gasteiger partial charge on any atom is 0.343 e. The minimum Gasteiger partial charge on any atom is -0.423 e. The molecular formula is C35H46O3. The van der Waals surface area contributed by atoms with Crippen molar-refractivity contribution in [2.24, 2.45) is 0 Å². The van der Waals surface area contributed by atoms with E-state index in [9.17, 15) is 4.79 Å². The molecule has 1 atom stereocenters. The van der Waals surface area contributed by atoms with Crippen LogP contribution < -0.4 is 4.74 Å². The van der Waals surface area contributed by atoms with Gasteiger partial charge in [-0.15, -0.1) is 0 Å². The first-order chi connectivity index (χ1) is 18.6. The normalized spacial score (nSPS) is 11.9. The third-order valence-electron chi connectivity index (χ3n) is 7.15. The second-order valence-electron chi connectivity index (χ2n) is 10.3. The molecule has 3 nitrogen and oxygen atoms in total. The standard InChI is InChI=1S/C35H46O3/c1-4-6-8-10-11-13-27-37-28(3)30-19-21-31(22-20-30)32-23-25-34(26-24-32)38-35(36)33-17-15-29(16-18-33)14-12-9-7-5-2/h15-26,28H,4-14,27H2,1-3H3. The SMILES string of the molecule is CCCCCCCCOC(C)c1ccc(-c2ccc(OC(=O)c3ccc(CCCCCC)cc3)cc2)cc1. The zero-order valence-corrected chi connectivity index (χ0v) is 23.7. The molecule has 38 heavy (non-hydrogen) atoms. The molecule has 0 amide bonds. The Morgan fingerprint density at radius 1 is 0.658 bits per heavy atom. The van der Waals surface area contributed by atoms with Gasteiger partial charge in [0.05, 0.1) is 11.7 Å². The Kier molecular flexibility index (Phi) is 13.1. The van der Waals surface area contributed by atoms with E-state index in [1.54, 1.807) is 0 Å². The lowest BCUT2D eigenvalue weighted by atomic mass is 10.0. The van der Waals surface area contributed by atoms with E-state index in [0.717, 1.165) is 30.6 Å². The quantitative estimate of drug-likeness (QED) is 0.102. The summed E-state index contributed by atoms with van der Waals surface area (Å²) in [6.07, 6.45) is 13.8. The van der Waals surface area contributed by atoms with Gasteiger partial charge in [0.15, 0.2) is 0 Å². The van der Waals surface area contributed by atoms with Crippen molar-refractivity contribution in [3.8, 4) is 16.9 Å².